The summed E-state index contributed by atoms with van der Waals surface area (Å²) >= 11 is 0. The van der Waals surface area contributed by atoms with E-state index < -0.39 is 23.6 Å². The van der Waals surface area contributed by atoms with E-state index in [9.17, 15) is 13.9 Å². The summed E-state index contributed by atoms with van der Waals surface area (Å²) in [4.78, 5) is 0. The lowest BCUT2D eigenvalue weighted by Crippen LogP contribution is -2.15. The molecule has 0 aliphatic heterocycles. The van der Waals surface area contributed by atoms with Crippen LogP contribution >= 0.6 is 0 Å². The zero-order chi connectivity index (χ0) is 11.4. The topological polar surface area (TPSA) is 53.3 Å². The Morgan fingerprint density at radius 2 is 2.20 bits per heavy atom. The van der Waals surface area contributed by atoms with E-state index in [1.54, 1.807) is 6.92 Å². The number of nitrogens with one attached hydrogen (secondary N) is 1. The van der Waals surface area contributed by atoms with E-state index in [2.05, 4.69) is 0 Å². The molecule has 1 unspecified atom stereocenters. The minimum Gasteiger partial charge on any atom is -0.479 e. The number of hydrogen-bond donors (Lipinski definition) is 2. The van der Waals surface area contributed by atoms with Crippen molar-refractivity contribution in [3.05, 3.63) is 35.4 Å². The predicted octanol–water partition coefficient (Wildman–Crippen LogP) is 2.01. The van der Waals surface area contributed by atoms with E-state index >= 15 is 0 Å². The minimum atomic E-state index is -1.49. The first-order valence-corrected chi connectivity index (χ1v) is 4.40. The molecule has 5 heteroatoms. The van der Waals surface area contributed by atoms with E-state index in [4.69, 9.17) is 10.1 Å². The first-order valence-electron chi connectivity index (χ1n) is 4.40. The fourth-order valence-electron chi connectivity index (χ4n) is 1.10. The van der Waals surface area contributed by atoms with Gasteiger partial charge in [-0.2, -0.15) is 0 Å². The second-order valence-corrected chi connectivity index (χ2v) is 2.87. The Morgan fingerprint density at radius 3 is 2.73 bits per heavy atom. The summed E-state index contributed by atoms with van der Waals surface area (Å²) in [7, 11) is 0. The molecule has 0 saturated heterocycles. The Morgan fingerprint density at radius 1 is 1.53 bits per heavy atom. The highest BCUT2D eigenvalue weighted by molar-refractivity contribution is 5.79. The molecule has 0 aliphatic carbocycles. The van der Waals surface area contributed by atoms with Gasteiger partial charge in [0.15, 0.2) is 6.10 Å². The first-order chi connectivity index (χ1) is 7.06. The van der Waals surface area contributed by atoms with Crippen LogP contribution in [0.1, 0.15) is 18.6 Å². The van der Waals surface area contributed by atoms with Gasteiger partial charge >= 0.3 is 0 Å². The molecule has 0 fully saturated rings. The Balaban J connectivity index is 2.91. The Labute approximate surface area is 85.8 Å². The molecule has 1 aromatic carbocycles. The van der Waals surface area contributed by atoms with Crippen molar-refractivity contribution in [2.75, 3.05) is 6.61 Å². The summed E-state index contributed by atoms with van der Waals surface area (Å²) in [6.45, 7) is 1.85. The molecule has 0 amide bonds. The van der Waals surface area contributed by atoms with Gasteiger partial charge in [0.25, 0.3) is 0 Å². The number of halogens is 2. The highest BCUT2D eigenvalue weighted by Gasteiger charge is 2.19. The quantitative estimate of drug-likeness (QED) is 0.598. The Hall–Kier alpha value is -1.49. The maximum absolute atomic E-state index is 13.1. The summed E-state index contributed by atoms with van der Waals surface area (Å²) in [5.41, 5.74) is -0.171. The van der Waals surface area contributed by atoms with Gasteiger partial charge in [0, 0.05) is 11.6 Å². The van der Waals surface area contributed by atoms with Crippen molar-refractivity contribution in [2.24, 2.45) is 0 Å². The summed E-state index contributed by atoms with van der Waals surface area (Å²) in [6, 6.07) is 2.75. The van der Waals surface area contributed by atoms with Crippen LogP contribution in [-0.2, 0) is 4.74 Å². The third-order valence-electron chi connectivity index (χ3n) is 1.81. The lowest BCUT2D eigenvalue weighted by atomic mass is 10.1. The molecule has 3 nitrogen and oxygen atoms in total. The van der Waals surface area contributed by atoms with E-state index in [0.717, 1.165) is 12.1 Å². The average molecular weight is 215 g/mol. The second kappa shape index (κ2) is 4.84. The third kappa shape index (κ3) is 2.73. The molecule has 0 aromatic heterocycles. The van der Waals surface area contributed by atoms with Crippen LogP contribution in [0.4, 0.5) is 8.78 Å². The highest BCUT2D eigenvalue weighted by atomic mass is 19.1. The van der Waals surface area contributed by atoms with Gasteiger partial charge < -0.3 is 9.84 Å². The zero-order valence-electron chi connectivity index (χ0n) is 8.13. The third-order valence-corrected chi connectivity index (χ3v) is 1.81. The number of rotatable bonds is 3. The molecule has 0 spiro atoms. The van der Waals surface area contributed by atoms with Crippen LogP contribution in [0.25, 0.3) is 0 Å². The molecule has 2 N–H and O–H groups in total. The molecular weight excluding hydrogens is 204 g/mol. The lowest BCUT2D eigenvalue weighted by molar-refractivity contribution is 0.186. The molecule has 0 heterocycles. The molecule has 1 aromatic rings. The van der Waals surface area contributed by atoms with Gasteiger partial charge in [-0.25, -0.2) is 8.78 Å². The maximum Gasteiger partial charge on any atom is 0.215 e. The van der Waals surface area contributed by atoms with E-state index in [0.29, 0.717) is 6.07 Å². The number of aliphatic hydroxyl groups is 1. The van der Waals surface area contributed by atoms with Crippen molar-refractivity contribution < 1.29 is 18.6 Å². The number of aliphatic hydroxyl groups excluding tert-OH is 1. The molecule has 0 aliphatic rings. The average Bonchev–Trinajstić information content (AvgIpc) is 2.17. The second-order valence-electron chi connectivity index (χ2n) is 2.87. The molecule has 82 valence electrons. The highest BCUT2D eigenvalue weighted by Crippen LogP contribution is 2.19. The normalized spacial score (nSPS) is 12.3. The zero-order valence-corrected chi connectivity index (χ0v) is 8.13. The Bertz CT molecular complexity index is 368. The van der Waals surface area contributed by atoms with E-state index in [1.165, 1.54) is 0 Å². The smallest absolute Gasteiger partial charge is 0.215 e. The van der Waals surface area contributed by atoms with Gasteiger partial charge in [-0.3, -0.25) is 5.41 Å². The van der Waals surface area contributed by atoms with Crippen molar-refractivity contribution in [1.82, 2.24) is 0 Å². The molecule has 0 radical (unpaired) electrons. The van der Waals surface area contributed by atoms with E-state index in [-0.39, 0.29) is 12.2 Å². The van der Waals surface area contributed by atoms with Crippen molar-refractivity contribution in [3.63, 3.8) is 0 Å². The van der Waals surface area contributed by atoms with Crippen LogP contribution in [0.5, 0.6) is 0 Å². The van der Waals surface area contributed by atoms with Crippen molar-refractivity contribution in [3.8, 4) is 0 Å². The van der Waals surface area contributed by atoms with Gasteiger partial charge in [0.05, 0.1) is 6.61 Å². The van der Waals surface area contributed by atoms with Gasteiger partial charge in [0.2, 0.25) is 5.90 Å². The molecular formula is C10H11F2NO2. The fourth-order valence-corrected chi connectivity index (χ4v) is 1.10. The monoisotopic (exact) mass is 215 g/mol. The van der Waals surface area contributed by atoms with Crippen LogP contribution in [0, 0.1) is 17.0 Å². The Kier molecular flexibility index (Phi) is 3.74. The predicted molar refractivity (Wildman–Crippen MR) is 50.7 cm³/mol. The van der Waals surface area contributed by atoms with Crippen LogP contribution < -0.4 is 0 Å². The summed E-state index contributed by atoms with van der Waals surface area (Å²) < 4.78 is 30.4. The van der Waals surface area contributed by atoms with Crippen LogP contribution in [-0.4, -0.2) is 17.6 Å². The molecule has 1 atom stereocenters. The maximum atomic E-state index is 13.1. The van der Waals surface area contributed by atoms with Crippen molar-refractivity contribution >= 4 is 5.90 Å². The number of hydrogen-bond acceptors (Lipinski definition) is 3. The molecule has 1 rings (SSSR count). The van der Waals surface area contributed by atoms with Crippen molar-refractivity contribution in [2.45, 2.75) is 13.0 Å². The summed E-state index contributed by atoms with van der Waals surface area (Å²) in [5, 5.41) is 16.7. The first kappa shape index (κ1) is 11.6. The van der Waals surface area contributed by atoms with Gasteiger partial charge in [0.1, 0.15) is 11.6 Å². The largest absolute Gasteiger partial charge is 0.479 e. The lowest BCUT2D eigenvalue weighted by Gasteiger charge is -2.13. The fraction of sp³-hybridized carbons (Fsp3) is 0.300. The van der Waals surface area contributed by atoms with E-state index in [1.807, 2.05) is 0 Å². The SMILES string of the molecule is CCOC(=N)C(O)c1ccc(F)cc1F. The summed E-state index contributed by atoms with van der Waals surface area (Å²) in [6.07, 6.45) is -1.49. The molecule has 15 heavy (non-hydrogen) atoms. The standard InChI is InChI=1S/C10H11F2NO2/c1-2-15-10(13)9(14)7-4-3-6(11)5-8(7)12/h3-5,9,13-14H,2H2,1H3. The summed E-state index contributed by atoms with van der Waals surface area (Å²) in [5.74, 6) is -2.08. The van der Waals surface area contributed by atoms with Crippen molar-refractivity contribution in [1.29, 1.82) is 5.41 Å². The molecule has 0 bridgehead atoms. The van der Waals surface area contributed by atoms with Gasteiger partial charge in [-0.05, 0) is 13.0 Å². The van der Waals surface area contributed by atoms with Crippen LogP contribution in [0.2, 0.25) is 0 Å². The number of ether oxygens (including phenoxy) is 1. The van der Waals surface area contributed by atoms with Gasteiger partial charge in [-0.1, -0.05) is 6.07 Å². The van der Waals surface area contributed by atoms with Crippen LogP contribution in [0.15, 0.2) is 18.2 Å². The van der Waals surface area contributed by atoms with Crippen LogP contribution in [0.3, 0.4) is 0 Å². The molecule has 0 saturated carbocycles. The minimum absolute atomic E-state index is 0.171. The van der Waals surface area contributed by atoms with Gasteiger partial charge in [-0.15, -0.1) is 0 Å². The number of benzene rings is 1.